The quantitative estimate of drug-likeness (QED) is 0.935. The Labute approximate surface area is 149 Å². The van der Waals surface area contributed by atoms with E-state index in [1.807, 2.05) is 24.3 Å². The Kier molecular flexibility index (Phi) is 4.82. The van der Waals surface area contributed by atoms with Crippen LogP contribution >= 0.6 is 0 Å². The van der Waals surface area contributed by atoms with Crippen molar-refractivity contribution >= 4 is 5.91 Å². The van der Waals surface area contributed by atoms with Crippen molar-refractivity contribution in [3.05, 3.63) is 65.2 Å². The summed E-state index contributed by atoms with van der Waals surface area (Å²) in [5.74, 6) is 0.316. The molecular formula is C21H26N2O2. The standard InChI is InChI=1S/C21H26N2O2/c1-22(2)20(25)16-7-9-17(10-8-16)21(11-13-23(3)14-12-21)18-5-4-6-19(24)15-18/h4-10,15,24H,11-14H2,1-3H3. The molecule has 0 aromatic heterocycles. The van der Waals surface area contributed by atoms with E-state index in [1.165, 1.54) is 5.56 Å². The predicted octanol–water partition coefficient (Wildman–Crippen LogP) is 3.11. The van der Waals surface area contributed by atoms with Crippen LogP contribution in [0.1, 0.15) is 34.3 Å². The van der Waals surface area contributed by atoms with E-state index in [0.717, 1.165) is 31.5 Å². The molecule has 0 radical (unpaired) electrons. The Morgan fingerprint density at radius 2 is 1.68 bits per heavy atom. The average Bonchev–Trinajstić information content (AvgIpc) is 2.62. The zero-order valence-corrected chi connectivity index (χ0v) is 15.2. The Morgan fingerprint density at radius 3 is 2.24 bits per heavy atom. The summed E-state index contributed by atoms with van der Waals surface area (Å²) in [6, 6.07) is 15.6. The fourth-order valence-corrected chi connectivity index (χ4v) is 3.74. The number of carbonyl (C=O) groups is 1. The second kappa shape index (κ2) is 6.89. The van der Waals surface area contributed by atoms with Crippen LogP contribution in [-0.2, 0) is 5.41 Å². The number of benzene rings is 2. The first kappa shape index (κ1) is 17.5. The summed E-state index contributed by atoms with van der Waals surface area (Å²) < 4.78 is 0. The van der Waals surface area contributed by atoms with Gasteiger partial charge in [0.05, 0.1) is 0 Å². The van der Waals surface area contributed by atoms with Crippen LogP contribution in [0.3, 0.4) is 0 Å². The van der Waals surface area contributed by atoms with E-state index in [0.29, 0.717) is 11.3 Å². The molecule has 3 rings (SSSR count). The number of amides is 1. The molecule has 2 aromatic rings. The van der Waals surface area contributed by atoms with Crippen LogP contribution in [0.15, 0.2) is 48.5 Å². The van der Waals surface area contributed by atoms with Gasteiger partial charge in [0.2, 0.25) is 0 Å². The lowest BCUT2D eigenvalue weighted by molar-refractivity contribution is 0.0827. The molecule has 0 aliphatic carbocycles. The van der Waals surface area contributed by atoms with Crippen LogP contribution in [0.2, 0.25) is 0 Å². The van der Waals surface area contributed by atoms with Crippen molar-refractivity contribution in [2.45, 2.75) is 18.3 Å². The van der Waals surface area contributed by atoms with Gasteiger partial charge < -0.3 is 14.9 Å². The van der Waals surface area contributed by atoms with Gasteiger partial charge in [0.1, 0.15) is 5.75 Å². The van der Waals surface area contributed by atoms with Gasteiger partial charge in [-0.05, 0) is 68.4 Å². The number of aromatic hydroxyl groups is 1. The van der Waals surface area contributed by atoms with E-state index < -0.39 is 0 Å². The lowest BCUT2D eigenvalue weighted by Crippen LogP contribution is -2.41. The molecule has 4 nitrogen and oxygen atoms in total. The fraction of sp³-hybridized carbons (Fsp3) is 0.381. The summed E-state index contributed by atoms with van der Waals surface area (Å²) in [6.07, 6.45) is 1.99. The van der Waals surface area contributed by atoms with Gasteiger partial charge >= 0.3 is 0 Å². The molecule has 0 atom stereocenters. The molecule has 4 heteroatoms. The van der Waals surface area contributed by atoms with Crippen molar-refractivity contribution in [3.8, 4) is 5.75 Å². The Balaban J connectivity index is 2.02. The number of hydrogen-bond acceptors (Lipinski definition) is 3. The molecule has 25 heavy (non-hydrogen) atoms. The van der Waals surface area contributed by atoms with Gasteiger partial charge in [-0.2, -0.15) is 0 Å². The molecule has 2 aromatic carbocycles. The molecule has 0 spiro atoms. The zero-order chi connectivity index (χ0) is 18.0. The number of nitrogens with zero attached hydrogens (tertiary/aromatic N) is 2. The highest BCUT2D eigenvalue weighted by Crippen LogP contribution is 2.42. The van der Waals surface area contributed by atoms with Crippen LogP contribution < -0.4 is 0 Å². The maximum absolute atomic E-state index is 12.2. The lowest BCUT2D eigenvalue weighted by atomic mass is 9.68. The number of phenolic OH excluding ortho intramolecular Hbond substituents is 1. The highest BCUT2D eigenvalue weighted by molar-refractivity contribution is 5.93. The first-order chi connectivity index (χ1) is 11.9. The summed E-state index contributed by atoms with van der Waals surface area (Å²) in [5, 5.41) is 9.97. The van der Waals surface area contributed by atoms with Crippen LogP contribution in [0, 0.1) is 0 Å². The molecule has 1 N–H and O–H groups in total. The highest BCUT2D eigenvalue weighted by Gasteiger charge is 2.37. The molecule has 1 aliphatic rings. The minimum absolute atomic E-state index is 0.0151. The largest absolute Gasteiger partial charge is 0.508 e. The van der Waals surface area contributed by atoms with Crippen molar-refractivity contribution in [2.75, 3.05) is 34.2 Å². The van der Waals surface area contributed by atoms with Gasteiger partial charge in [-0.25, -0.2) is 0 Å². The molecule has 132 valence electrons. The maximum atomic E-state index is 12.2. The summed E-state index contributed by atoms with van der Waals surface area (Å²) in [6.45, 7) is 2.02. The number of phenols is 1. The topological polar surface area (TPSA) is 43.8 Å². The normalized spacial score (nSPS) is 17.2. The van der Waals surface area contributed by atoms with Crippen LogP contribution in [0.25, 0.3) is 0 Å². The van der Waals surface area contributed by atoms with Crippen LogP contribution in [-0.4, -0.2) is 55.0 Å². The van der Waals surface area contributed by atoms with Crippen LogP contribution in [0.4, 0.5) is 0 Å². The molecule has 0 unspecified atom stereocenters. The molecular weight excluding hydrogens is 312 g/mol. The minimum Gasteiger partial charge on any atom is -0.508 e. The number of likely N-dealkylation sites (tertiary alicyclic amines) is 1. The van der Waals surface area contributed by atoms with E-state index in [-0.39, 0.29) is 11.3 Å². The van der Waals surface area contributed by atoms with Crippen molar-refractivity contribution in [3.63, 3.8) is 0 Å². The predicted molar refractivity (Wildman–Crippen MR) is 100 cm³/mol. The maximum Gasteiger partial charge on any atom is 0.253 e. The first-order valence-corrected chi connectivity index (χ1v) is 8.73. The number of rotatable bonds is 3. The van der Waals surface area contributed by atoms with E-state index in [4.69, 9.17) is 0 Å². The zero-order valence-electron chi connectivity index (χ0n) is 15.2. The van der Waals surface area contributed by atoms with Crippen molar-refractivity contribution in [2.24, 2.45) is 0 Å². The van der Waals surface area contributed by atoms with Crippen LogP contribution in [0.5, 0.6) is 5.75 Å². The average molecular weight is 338 g/mol. The van der Waals surface area contributed by atoms with Gasteiger partial charge in [0.25, 0.3) is 5.91 Å². The molecule has 1 aliphatic heterocycles. The summed E-state index contributed by atoms with van der Waals surface area (Å²) in [7, 11) is 5.67. The lowest BCUT2D eigenvalue weighted by Gasteiger charge is -2.42. The SMILES string of the molecule is CN1CCC(c2ccc(C(=O)N(C)C)cc2)(c2cccc(O)c2)CC1. The molecule has 1 fully saturated rings. The third-order valence-electron chi connectivity index (χ3n) is 5.33. The highest BCUT2D eigenvalue weighted by atomic mass is 16.3. The molecule has 0 bridgehead atoms. The third kappa shape index (κ3) is 3.40. The first-order valence-electron chi connectivity index (χ1n) is 8.73. The van der Waals surface area contributed by atoms with E-state index in [2.05, 4.69) is 30.1 Å². The van der Waals surface area contributed by atoms with Gasteiger partial charge in [-0.3, -0.25) is 4.79 Å². The molecule has 1 saturated heterocycles. The van der Waals surface area contributed by atoms with E-state index in [1.54, 1.807) is 25.1 Å². The Bertz CT molecular complexity index is 745. The Morgan fingerprint density at radius 1 is 1.04 bits per heavy atom. The van der Waals surface area contributed by atoms with Crippen molar-refractivity contribution in [1.82, 2.24) is 9.80 Å². The third-order valence-corrected chi connectivity index (χ3v) is 5.33. The van der Waals surface area contributed by atoms with Gasteiger partial charge in [-0.15, -0.1) is 0 Å². The number of hydrogen-bond donors (Lipinski definition) is 1. The van der Waals surface area contributed by atoms with Gasteiger partial charge in [0.15, 0.2) is 0 Å². The Hall–Kier alpha value is -2.33. The number of carbonyl (C=O) groups excluding carboxylic acids is 1. The van der Waals surface area contributed by atoms with E-state index in [9.17, 15) is 9.90 Å². The monoisotopic (exact) mass is 338 g/mol. The van der Waals surface area contributed by atoms with Gasteiger partial charge in [-0.1, -0.05) is 24.3 Å². The summed E-state index contributed by atoms with van der Waals surface area (Å²) in [4.78, 5) is 16.1. The smallest absolute Gasteiger partial charge is 0.253 e. The fourth-order valence-electron chi connectivity index (χ4n) is 3.74. The van der Waals surface area contributed by atoms with E-state index >= 15 is 0 Å². The van der Waals surface area contributed by atoms with Gasteiger partial charge in [0, 0.05) is 25.1 Å². The summed E-state index contributed by atoms with van der Waals surface area (Å²) >= 11 is 0. The minimum atomic E-state index is -0.120. The number of piperidine rings is 1. The van der Waals surface area contributed by atoms with Crippen molar-refractivity contribution in [1.29, 1.82) is 0 Å². The molecule has 1 amide bonds. The van der Waals surface area contributed by atoms with Crippen molar-refractivity contribution < 1.29 is 9.90 Å². The molecule has 0 saturated carbocycles. The molecule has 1 heterocycles. The second-order valence-electron chi connectivity index (χ2n) is 7.21. The second-order valence-corrected chi connectivity index (χ2v) is 7.21. The summed E-state index contributed by atoms with van der Waals surface area (Å²) in [5.41, 5.74) is 2.94.